The van der Waals surface area contributed by atoms with E-state index in [1.807, 2.05) is 18.4 Å². The average Bonchev–Trinajstić information content (AvgIpc) is 2.89. The molecule has 0 saturated carbocycles. The summed E-state index contributed by atoms with van der Waals surface area (Å²) in [5, 5.41) is 4.66. The van der Waals surface area contributed by atoms with Crippen molar-refractivity contribution in [2.75, 3.05) is 5.32 Å². The monoisotopic (exact) mass is 404 g/mol. The van der Waals surface area contributed by atoms with Crippen molar-refractivity contribution in [2.24, 2.45) is 11.7 Å². The van der Waals surface area contributed by atoms with Gasteiger partial charge in [0.25, 0.3) is 0 Å². The molecule has 0 spiro atoms. The van der Waals surface area contributed by atoms with Crippen LogP contribution >= 0.6 is 38.9 Å². The molecule has 1 aromatic heterocycles. The van der Waals surface area contributed by atoms with Gasteiger partial charge in [-0.1, -0.05) is 18.5 Å². The number of benzene rings is 1. The second-order valence-corrected chi connectivity index (χ2v) is 7.29. The number of nitrogens with one attached hydrogen (secondary N) is 1. The zero-order valence-electron chi connectivity index (χ0n) is 11.8. The Morgan fingerprint density at radius 3 is 2.82 bits per heavy atom. The van der Waals surface area contributed by atoms with Crippen LogP contribution in [0.25, 0.3) is 0 Å². The average molecular weight is 406 g/mol. The van der Waals surface area contributed by atoms with Gasteiger partial charge < -0.3 is 11.1 Å². The lowest BCUT2D eigenvalue weighted by Crippen LogP contribution is -2.24. The van der Waals surface area contributed by atoms with Gasteiger partial charge in [-0.05, 0) is 46.6 Å². The van der Waals surface area contributed by atoms with Crippen LogP contribution in [-0.4, -0.2) is 5.91 Å². The first-order valence-corrected chi connectivity index (χ1v) is 8.67. The summed E-state index contributed by atoms with van der Waals surface area (Å²) in [6, 6.07) is 5.84. The molecule has 7 heteroatoms. The first kappa shape index (κ1) is 17.4. The molecule has 0 bridgehead atoms. The highest BCUT2D eigenvalue weighted by Gasteiger charge is 2.19. The molecule has 0 fully saturated rings. The predicted octanol–water partition coefficient (Wildman–Crippen LogP) is 4.97. The Morgan fingerprint density at radius 1 is 1.50 bits per heavy atom. The van der Waals surface area contributed by atoms with Crippen LogP contribution in [0.2, 0.25) is 5.02 Å². The van der Waals surface area contributed by atoms with Gasteiger partial charge in [-0.25, -0.2) is 4.39 Å². The van der Waals surface area contributed by atoms with Crippen molar-refractivity contribution in [2.45, 2.75) is 19.4 Å². The summed E-state index contributed by atoms with van der Waals surface area (Å²) in [4.78, 5) is 13.2. The van der Waals surface area contributed by atoms with Gasteiger partial charge in [0.2, 0.25) is 5.91 Å². The molecule has 3 N–H and O–H groups in total. The normalized spacial score (nSPS) is 13.7. The quantitative estimate of drug-likeness (QED) is 0.738. The highest BCUT2D eigenvalue weighted by Crippen LogP contribution is 2.28. The summed E-state index contributed by atoms with van der Waals surface area (Å²) in [6.07, 6.45) is 0.522. The van der Waals surface area contributed by atoms with Crippen LogP contribution in [0.15, 0.2) is 34.1 Å². The molecule has 0 saturated heterocycles. The maximum Gasteiger partial charge on any atom is 0.227 e. The Balaban J connectivity index is 1.95. The molecule has 1 amide bonds. The van der Waals surface area contributed by atoms with Crippen molar-refractivity contribution in [3.05, 3.63) is 49.8 Å². The zero-order chi connectivity index (χ0) is 16.3. The number of amides is 1. The molecule has 2 rings (SSSR count). The van der Waals surface area contributed by atoms with E-state index in [0.717, 1.165) is 9.35 Å². The van der Waals surface area contributed by atoms with Gasteiger partial charge in [0.1, 0.15) is 5.82 Å². The van der Waals surface area contributed by atoms with E-state index in [2.05, 4.69) is 21.2 Å². The van der Waals surface area contributed by atoms with Gasteiger partial charge >= 0.3 is 0 Å². The molecular weight excluding hydrogens is 391 g/mol. The number of anilines is 1. The van der Waals surface area contributed by atoms with Crippen LogP contribution in [0.5, 0.6) is 0 Å². The van der Waals surface area contributed by atoms with Gasteiger partial charge in [-0.2, -0.15) is 0 Å². The van der Waals surface area contributed by atoms with Crippen molar-refractivity contribution in [1.82, 2.24) is 0 Å². The third-order valence-electron chi connectivity index (χ3n) is 3.20. The lowest BCUT2D eigenvalue weighted by Gasteiger charge is -2.16. The van der Waals surface area contributed by atoms with Gasteiger partial charge in [0.05, 0.1) is 5.02 Å². The van der Waals surface area contributed by atoms with Crippen LogP contribution in [0.3, 0.4) is 0 Å². The summed E-state index contributed by atoms with van der Waals surface area (Å²) >= 11 is 10.6. The fourth-order valence-electron chi connectivity index (χ4n) is 1.97. The maximum absolute atomic E-state index is 13.1. The summed E-state index contributed by atoms with van der Waals surface area (Å²) in [5.74, 6) is -0.966. The number of nitrogens with two attached hydrogens (primary N) is 1. The first-order valence-electron chi connectivity index (χ1n) is 6.62. The Kier molecular flexibility index (Phi) is 5.97. The number of halogens is 3. The number of carbonyl (C=O) groups excluding carboxylic acids is 1. The molecule has 0 radical (unpaired) electrons. The molecule has 0 aliphatic carbocycles. The molecule has 2 aromatic rings. The Labute approximate surface area is 145 Å². The van der Waals surface area contributed by atoms with Crippen molar-refractivity contribution in [1.29, 1.82) is 0 Å². The maximum atomic E-state index is 13.1. The third kappa shape index (κ3) is 4.52. The number of carbonyl (C=O) groups is 1. The Bertz CT molecular complexity index is 679. The Morgan fingerprint density at radius 2 is 2.23 bits per heavy atom. The highest BCUT2D eigenvalue weighted by atomic mass is 79.9. The second kappa shape index (κ2) is 7.55. The molecule has 0 aliphatic rings. The smallest absolute Gasteiger partial charge is 0.227 e. The topological polar surface area (TPSA) is 55.1 Å². The van der Waals surface area contributed by atoms with Gasteiger partial charge in [-0.15, -0.1) is 11.3 Å². The summed E-state index contributed by atoms with van der Waals surface area (Å²) in [6.45, 7) is 1.81. The first-order chi connectivity index (χ1) is 10.4. The van der Waals surface area contributed by atoms with E-state index in [1.165, 1.54) is 18.2 Å². The van der Waals surface area contributed by atoms with Crippen molar-refractivity contribution in [3.8, 4) is 0 Å². The summed E-state index contributed by atoms with van der Waals surface area (Å²) in [5.41, 5.74) is 6.59. The van der Waals surface area contributed by atoms with E-state index in [4.69, 9.17) is 17.3 Å². The van der Waals surface area contributed by atoms with Crippen LogP contribution < -0.4 is 11.1 Å². The van der Waals surface area contributed by atoms with Crippen molar-refractivity contribution >= 4 is 50.5 Å². The SMILES string of the molecule is C[C@@H](C[C@@H](N)c1cc(Br)cs1)C(=O)Nc1ccc(F)c(Cl)c1. The van der Waals surface area contributed by atoms with Gasteiger partial charge in [0.15, 0.2) is 0 Å². The van der Waals surface area contributed by atoms with E-state index in [9.17, 15) is 9.18 Å². The minimum absolute atomic E-state index is 0.0226. The molecule has 118 valence electrons. The van der Waals surface area contributed by atoms with Crippen LogP contribution in [-0.2, 0) is 4.79 Å². The number of hydrogen-bond donors (Lipinski definition) is 2. The molecular formula is C15H15BrClFN2OS. The fourth-order valence-corrected chi connectivity index (χ4v) is 3.61. The van der Waals surface area contributed by atoms with Crippen LogP contribution in [0.4, 0.5) is 10.1 Å². The van der Waals surface area contributed by atoms with E-state index < -0.39 is 5.82 Å². The van der Waals surface area contributed by atoms with Crippen molar-refractivity contribution < 1.29 is 9.18 Å². The molecule has 1 heterocycles. The van der Waals surface area contributed by atoms with E-state index in [-0.39, 0.29) is 22.9 Å². The highest BCUT2D eigenvalue weighted by molar-refractivity contribution is 9.10. The lowest BCUT2D eigenvalue weighted by molar-refractivity contribution is -0.119. The molecule has 2 atom stereocenters. The molecule has 22 heavy (non-hydrogen) atoms. The number of rotatable bonds is 5. The standard InChI is InChI=1S/C15H15BrClFN2OS/c1-8(4-13(19)14-5-9(16)7-22-14)15(21)20-10-2-3-12(18)11(17)6-10/h2-3,5-8,13H,4,19H2,1H3,(H,20,21)/t8-,13+/m0/s1. The fraction of sp³-hybridized carbons (Fsp3) is 0.267. The minimum Gasteiger partial charge on any atom is -0.326 e. The number of hydrogen-bond acceptors (Lipinski definition) is 3. The van der Waals surface area contributed by atoms with E-state index in [0.29, 0.717) is 12.1 Å². The van der Waals surface area contributed by atoms with Crippen LogP contribution in [0, 0.1) is 11.7 Å². The van der Waals surface area contributed by atoms with Gasteiger partial charge in [0, 0.05) is 32.4 Å². The van der Waals surface area contributed by atoms with Crippen molar-refractivity contribution in [3.63, 3.8) is 0 Å². The van der Waals surface area contributed by atoms with E-state index >= 15 is 0 Å². The largest absolute Gasteiger partial charge is 0.326 e. The molecule has 3 nitrogen and oxygen atoms in total. The van der Waals surface area contributed by atoms with E-state index in [1.54, 1.807) is 11.3 Å². The zero-order valence-corrected chi connectivity index (χ0v) is 14.9. The second-order valence-electron chi connectivity index (χ2n) is 5.03. The summed E-state index contributed by atoms with van der Waals surface area (Å²) < 4.78 is 14.1. The third-order valence-corrected chi connectivity index (χ3v) is 5.31. The summed E-state index contributed by atoms with van der Waals surface area (Å²) in [7, 11) is 0. The predicted molar refractivity (Wildman–Crippen MR) is 92.8 cm³/mol. The van der Waals surface area contributed by atoms with Crippen LogP contribution in [0.1, 0.15) is 24.3 Å². The number of thiophene rings is 1. The van der Waals surface area contributed by atoms with Gasteiger partial charge in [-0.3, -0.25) is 4.79 Å². The Hall–Kier alpha value is -0.950. The lowest BCUT2D eigenvalue weighted by atomic mass is 10.0. The molecule has 0 unspecified atom stereocenters. The molecule has 0 aliphatic heterocycles. The molecule has 1 aromatic carbocycles. The minimum atomic E-state index is -0.516.